The van der Waals surface area contributed by atoms with Crippen LogP contribution in [0.15, 0.2) is 46.0 Å². The van der Waals surface area contributed by atoms with Crippen molar-refractivity contribution in [2.75, 3.05) is 7.11 Å². The summed E-state index contributed by atoms with van der Waals surface area (Å²) in [6.45, 7) is 0. The number of nitrogens with zero attached hydrogens (tertiary/aromatic N) is 3. The molecule has 3 rings (SSSR count). The highest BCUT2D eigenvalue weighted by Gasteiger charge is 2.14. The minimum atomic E-state index is -0.491. The summed E-state index contributed by atoms with van der Waals surface area (Å²) in [5.41, 5.74) is 0.937. The van der Waals surface area contributed by atoms with E-state index in [0.29, 0.717) is 16.5 Å². The average Bonchev–Trinajstić information content (AvgIpc) is 3.20. The van der Waals surface area contributed by atoms with Gasteiger partial charge in [0, 0.05) is 17.6 Å². The van der Waals surface area contributed by atoms with Gasteiger partial charge in [-0.15, -0.1) is 10.2 Å². The van der Waals surface area contributed by atoms with Crippen molar-refractivity contribution >= 4 is 29.3 Å². The Morgan fingerprint density at radius 3 is 2.71 bits per heavy atom. The molecule has 3 aromatic rings. The van der Waals surface area contributed by atoms with Gasteiger partial charge in [0.2, 0.25) is 5.76 Å². The molecule has 0 amide bonds. The lowest BCUT2D eigenvalue weighted by atomic mass is 10.2. The number of halogens is 1. The van der Waals surface area contributed by atoms with Crippen molar-refractivity contribution in [2.24, 2.45) is 7.05 Å². The van der Waals surface area contributed by atoms with E-state index < -0.39 is 5.97 Å². The number of hydrogen-bond donors (Lipinski definition) is 0. The number of benzene rings is 1. The Kier molecular flexibility index (Phi) is 4.92. The van der Waals surface area contributed by atoms with Gasteiger partial charge in [-0.3, -0.25) is 0 Å². The molecule has 0 atom stereocenters. The highest BCUT2D eigenvalue weighted by Crippen LogP contribution is 2.26. The Bertz CT molecular complexity index is 858. The van der Waals surface area contributed by atoms with Crippen molar-refractivity contribution in [3.8, 4) is 11.4 Å². The number of hydrogen-bond acceptors (Lipinski definition) is 6. The van der Waals surface area contributed by atoms with Gasteiger partial charge in [-0.1, -0.05) is 23.4 Å². The van der Waals surface area contributed by atoms with Gasteiger partial charge < -0.3 is 13.7 Å². The zero-order valence-electron chi connectivity index (χ0n) is 13.0. The lowest BCUT2D eigenvalue weighted by molar-refractivity contribution is 0.0563. The third kappa shape index (κ3) is 3.47. The zero-order chi connectivity index (χ0) is 17.1. The van der Waals surface area contributed by atoms with Gasteiger partial charge in [0.05, 0.1) is 12.9 Å². The molecule has 6 nitrogen and oxygen atoms in total. The highest BCUT2D eigenvalue weighted by atomic mass is 35.5. The molecule has 2 heterocycles. The van der Waals surface area contributed by atoms with Gasteiger partial charge in [-0.05, 0) is 36.4 Å². The van der Waals surface area contributed by atoms with Crippen molar-refractivity contribution in [1.82, 2.24) is 14.8 Å². The van der Waals surface area contributed by atoms with Crippen LogP contribution in [0.3, 0.4) is 0 Å². The standard InChI is InChI=1S/C16H14ClN3O3S/c1-20-14(10-3-5-11(17)6-4-10)18-19-16(20)24-9-12-7-8-13(23-12)15(21)22-2/h3-8H,9H2,1-2H3. The molecule has 0 spiro atoms. The third-order valence-corrected chi connectivity index (χ3v) is 4.62. The van der Waals surface area contributed by atoms with E-state index in [1.807, 2.05) is 35.9 Å². The third-order valence-electron chi connectivity index (χ3n) is 3.33. The number of aromatic nitrogens is 3. The molecule has 0 aliphatic carbocycles. The van der Waals surface area contributed by atoms with E-state index in [9.17, 15) is 4.79 Å². The minimum absolute atomic E-state index is 0.188. The number of rotatable bonds is 5. The van der Waals surface area contributed by atoms with E-state index in [-0.39, 0.29) is 5.76 Å². The van der Waals surface area contributed by atoms with Crippen molar-refractivity contribution in [3.63, 3.8) is 0 Å². The predicted molar refractivity (Wildman–Crippen MR) is 91.1 cm³/mol. The number of thioether (sulfide) groups is 1. The first kappa shape index (κ1) is 16.6. The van der Waals surface area contributed by atoms with E-state index >= 15 is 0 Å². The number of carbonyl (C=O) groups excluding carboxylic acids is 1. The summed E-state index contributed by atoms with van der Waals surface area (Å²) in [4.78, 5) is 11.4. The maximum absolute atomic E-state index is 11.4. The van der Waals surface area contributed by atoms with Crippen molar-refractivity contribution < 1.29 is 13.9 Å². The molecular formula is C16H14ClN3O3S. The van der Waals surface area contributed by atoms with Crippen molar-refractivity contribution in [1.29, 1.82) is 0 Å². The van der Waals surface area contributed by atoms with Gasteiger partial charge in [0.1, 0.15) is 5.76 Å². The molecular weight excluding hydrogens is 350 g/mol. The second kappa shape index (κ2) is 7.11. The van der Waals surface area contributed by atoms with Gasteiger partial charge in [-0.2, -0.15) is 0 Å². The fourth-order valence-corrected chi connectivity index (χ4v) is 3.02. The number of methoxy groups -OCH3 is 1. The first-order valence-electron chi connectivity index (χ1n) is 7.03. The Balaban J connectivity index is 1.71. The molecule has 0 aliphatic rings. The van der Waals surface area contributed by atoms with Crippen LogP contribution in [0.1, 0.15) is 16.3 Å². The lowest BCUT2D eigenvalue weighted by Gasteiger charge is -2.03. The average molecular weight is 364 g/mol. The van der Waals surface area contributed by atoms with Crippen LogP contribution in [0.4, 0.5) is 0 Å². The monoisotopic (exact) mass is 363 g/mol. The molecule has 0 radical (unpaired) electrons. The van der Waals surface area contributed by atoms with Crippen molar-refractivity contribution in [2.45, 2.75) is 10.9 Å². The van der Waals surface area contributed by atoms with Crippen LogP contribution in [-0.4, -0.2) is 27.8 Å². The molecule has 0 unspecified atom stereocenters. The van der Waals surface area contributed by atoms with Crippen LogP contribution in [0, 0.1) is 0 Å². The number of ether oxygens (including phenoxy) is 1. The smallest absolute Gasteiger partial charge is 0.373 e. The maximum Gasteiger partial charge on any atom is 0.373 e. The molecule has 24 heavy (non-hydrogen) atoms. The SMILES string of the molecule is COC(=O)c1ccc(CSc2nnc(-c3ccc(Cl)cc3)n2C)o1. The molecule has 0 bridgehead atoms. The summed E-state index contributed by atoms with van der Waals surface area (Å²) < 4.78 is 12.0. The van der Waals surface area contributed by atoms with Gasteiger partial charge in [0.15, 0.2) is 11.0 Å². The Morgan fingerprint density at radius 2 is 2.00 bits per heavy atom. The second-order valence-electron chi connectivity index (χ2n) is 4.92. The fourth-order valence-electron chi connectivity index (χ4n) is 2.09. The summed E-state index contributed by atoms with van der Waals surface area (Å²) in [6.07, 6.45) is 0. The number of furan rings is 1. The van der Waals surface area contributed by atoms with E-state index in [0.717, 1.165) is 16.5 Å². The largest absolute Gasteiger partial charge is 0.463 e. The van der Waals surface area contributed by atoms with Gasteiger partial charge >= 0.3 is 5.97 Å². The number of carbonyl (C=O) groups is 1. The molecule has 0 fully saturated rings. The Hall–Kier alpha value is -2.25. The molecule has 0 N–H and O–H groups in total. The van der Waals surface area contributed by atoms with Crippen LogP contribution in [0.5, 0.6) is 0 Å². The second-order valence-corrected chi connectivity index (χ2v) is 6.30. The summed E-state index contributed by atoms with van der Waals surface area (Å²) in [5.74, 6) is 1.65. The fraction of sp³-hybridized carbons (Fsp3) is 0.188. The summed E-state index contributed by atoms with van der Waals surface area (Å²) in [7, 11) is 3.21. The lowest BCUT2D eigenvalue weighted by Crippen LogP contribution is -1.98. The zero-order valence-corrected chi connectivity index (χ0v) is 14.6. The van der Waals surface area contributed by atoms with Gasteiger partial charge in [-0.25, -0.2) is 4.79 Å². The summed E-state index contributed by atoms with van der Waals surface area (Å²) >= 11 is 7.37. The summed E-state index contributed by atoms with van der Waals surface area (Å²) in [5, 5.41) is 9.84. The van der Waals surface area contributed by atoms with E-state index in [2.05, 4.69) is 14.9 Å². The van der Waals surface area contributed by atoms with Crippen molar-refractivity contribution in [3.05, 3.63) is 52.9 Å². The predicted octanol–water partition coefficient (Wildman–Crippen LogP) is 3.81. The molecule has 1 aromatic carbocycles. The maximum atomic E-state index is 11.4. The van der Waals surface area contributed by atoms with Crippen LogP contribution in [0.25, 0.3) is 11.4 Å². The molecule has 8 heteroatoms. The van der Waals surface area contributed by atoms with E-state index in [4.69, 9.17) is 16.0 Å². The van der Waals surface area contributed by atoms with E-state index in [1.165, 1.54) is 18.9 Å². The first-order chi connectivity index (χ1) is 11.6. The first-order valence-corrected chi connectivity index (χ1v) is 8.40. The molecule has 0 saturated heterocycles. The topological polar surface area (TPSA) is 70.2 Å². The Morgan fingerprint density at radius 1 is 1.25 bits per heavy atom. The molecule has 0 aliphatic heterocycles. The van der Waals surface area contributed by atoms with E-state index in [1.54, 1.807) is 12.1 Å². The van der Waals surface area contributed by atoms with Crippen LogP contribution in [0.2, 0.25) is 5.02 Å². The number of esters is 1. The van der Waals surface area contributed by atoms with Crippen LogP contribution < -0.4 is 0 Å². The van der Waals surface area contributed by atoms with Crippen LogP contribution in [-0.2, 0) is 17.5 Å². The minimum Gasteiger partial charge on any atom is -0.463 e. The molecule has 124 valence electrons. The normalized spacial score (nSPS) is 10.8. The van der Waals surface area contributed by atoms with Crippen LogP contribution >= 0.6 is 23.4 Å². The quantitative estimate of drug-likeness (QED) is 0.507. The highest BCUT2D eigenvalue weighted by molar-refractivity contribution is 7.98. The molecule has 2 aromatic heterocycles. The summed E-state index contributed by atoms with van der Waals surface area (Å²) in [6, 6.07) is 10.8. The molecule has 0 saturated carbocycles. The van der Waals surface area contributed by atoms with Gasteiger partial charge in [0.25, 0.3) is 0 Å². The Labute approximate surface area is 147 Å².